The van der Waals surface area contributed by atoms with Gasteiger partial charge in [0.25, 0.3) is 0 Å². The number of hydrazine groups is 1. The van der Waals surface area contributed by atoms with Crippen molar-refractivity contribution in [3.8, 4) is 0 Å². The molecule has 1 unspecified atom stereocenters. The summed E-state index contributed by atoms with van der Waals surface area (Å²) < 4.78 is 0. The molecule has 1 saturated carbocycles. The standard InChI is InChI=1S/C15H26N6/c1-11(10-21-6-2-3-7-21)9-17-13-8-14(20-16)19-15(18-13)12-4-5-12/h8,11-12H,2-7,9-10,16H2,1H3,(H2,17,18,19,20). The lowest BCUT2D eigenvalue weighted by Gasteiger charge is -2.20. The molecular formula is C15H26N6. The van der Waals surface area contributed by atoms with Gasteiger partial charge in [-0.2, -0.15) is 0 Å². The maximum atomic E-state index is 5.50. The molecule has 0 amide bonds. The minimum Gasteiger partial charge on any atom is -0.370 e. The number of rotatable bonds is 7. The van der Waals surface area contributed by atoms with Crippen molar-refractivity contribution in [3.05, 3.63) is 11.9 Å². The van der Waals surface area contributed by atoms with E-state index in [1.807, 2.05) is 6.07 Å². The van der Waals surface area contributed by atoms with Crippen LogP contribution in [0.4, 0.5) is 11.6 Å². The smallest absolute Gasteiger partial charge is 0.145 e. The van der Waals surface area contributed by atoms with E-state index < -0.39 is 0 Å². The van der Waals surface area contributed by atoms with E-state index in [1.165, 1.54) is 38.8 Å². The Hall–Kier alpha value is -1.40. The lowest BCUT2D eigenvalue weighted by molar-refractivity contribution is 0.294. The highest BCUT2D eigenvalue weighted by Crippen LogP contribution is 2.38. The van der Waals surface area contributed by atoms with Gasteiger partial charge in [0.2, 0.25) is 0 Å². The maximum Gasteiger partial charge on any atom is 0.145 e. The van der Waals surface area contributed by atoms with Crippen LogP contribution in [0, 0.1) is 5.92 Å². The Morgan fingerprint density at radius 1 is 1.29 bits per heavy atom. The Bertz CT molecular complexity index is 467. The minimum atomic E-state index is 0.529. The van der Waals surface area contributed by atoms with Gasteiger partial charge < -0.3 is 15.6 Å². The van der Waals surface area contributed by atoms with Crippen molar-refractivity contribution in [3.63, 3.8) is 0 Å². The number of nitrogens with two attached hydrogens (primary N) is 1. The van der Waals surface area contributed by atoms with E-state index in [9.17, 15) is 0 Å². The first-order valence-electron chi connectivity index (χ1n) is 8.06. The number of hydrogen-bond acceptors (Lipinski definition) is 6. The topological polar surface area (TPSA) is 79.1 Å². The fraction of sp³-hybridized carbons (Fsp3) is 0.733. The van der Waals surface area contributed by atoms with Crippen LogP contribution >= 0.6 is 0 Å². The average Bonchev–Trinajstić information content (AvgIpc) is 3.23. The van der Waals surface area contributed by atoms with E-state index in [2.05, 4.69) is 32.5 Å². The molecule has 6 heteroatoms. The molecule has 2 fully saturated rings. The first-order chi connectivity index (χ1) is 10.2. The molecule has 0 radical (unpaired) electrons. The zero-order valence-corrected chi connectivity index (χ0v) is 12.8. The number of nitrogens with zero attached hydrogens (tertiary/aromatic N) is 3. The first-order valence-corrected chi connectivity index (χ1v) is 8.06. The van der Waals surface area contributed by atoms with Crippen LogP contribution in [0.15, 0.2) is 6.07 Å². The van der Waals surface area contributed by atoms with Crippen LogP contribution in [0.1, 0.15) is 44.3 Å². The molecule has 1 saturated heterocycles. The molecule has 0 aromatic carbocycles. The number of nitrogens with one attached hydrogen (secondary N) is 2. The molecule has 4 N–H and O–H groups in total. The fourth-order valence-electron chi connectivity index (χ4n) is 2.90. The Kier molecular flexibility index (Phi) is 4.55. The van der Waals surface area contributed by atoms with Crippen molar-refractivity contribution in [2.24, 2.45) is 11.8 Å². The summed E-state index contributed by atoms with van der Waals surface area (Å²) in [6.07, 6.45) is 5.09. The molecule has 2 heterocycles. The Morgan fingerprint density at radius 3 is 2.67 bits per heavy atom. The van der Waals surface area contributed by atoms with Crippen LogP contribution in [0.5, 0.6) is 0 Å². The molecule has 6 nitrogen and oxygen atoms in total. The summed E-state index contributed by atoms with van der Waals surface area (Å²) in [7, 11) is 0. The molecule has 1 aromatic rings. The molecule has 1 aliphatic heterocycles. The van der Waals surface area contributed by atoms with E-state index in [-0.39, 0.29) is 0 Å². The number of hydrogen-bond donors (Lipinski definition) is 3. The van der Waals surface area contributed by atoms with E-state index in [0.29, 0.717) is 17.7 Å². The third-order valence-corrected chi connectivity index (χ3v) is 4.23. The molecule has 0 bridgehead atoms. The maximum absolute atomic E-state index is 5.50. The van der Waals surface area contributed by atoms with Gasteiger partial charge in [-0.1, -0.05) is 6.92 Å². The van der Waals surface area contributed by atoms with Gasteiger partial charge in [-0.15, -0.1) is 0 Å². The van der Waals surface area contributed by atoms with Crippen molar-refractivity contribution in [1.82, 2.24) is 14.9 Å². The van der Waals surface area contributed by atoms with Crippen molar-refractivity contribution in [2.75, 3.05) is 36.9 Å². The van der Waals surface area contributed by atoms with Gasteiger partial charge in [0.15, 0.2) is 0 Å². The summed E-state index contributed by atoms with van der Waals surface area (Å²) in [6.45, 7) is 6.89. The Balaban J connectivity index is 1.54. The second-order valence-corrected chi connectivity index (χ2v) is 6.41. The number of anilines is 2. The zero-order chi connectivity index (χ0) is 14.7. The molecule has 1 aliphatic carbocycles. The van der Waals surface area contributed by atoms with Gasteiger partial charge in [0, 0.05) is 25.1 Å². The van der Waals surface area contributed by atoms with Crippen molar-refractivity contribution in [2.45, 2.75) is 38.5 Å². The van der Waals surface area contributed by atoms with Gasteiger partial charge in [0.1, 0.15) is 17.5 Å². The highest BCUT2D eigenvalue weighted by molar-refractivity contribution is 5.47. The molecule has 1 atom stereocenters. The Labute approximate surface area is 126 Å². The van der Waals surface area contributed by atoms with Crippen LogP contribution in [-0.2, 0) is 0 Å². The first kappa shape index (κ1) is 14.5. The van der Waals surface area contributed by atoms with Gasteiger partial charge in [-0.05, 0) is 44.7 Å². The summed E-state index contributed by atoms with van der Waals surface area (Å²) in [5, 5.41) is 3.44. The van der Waals surface area contributed by atoms with Crippen molar-refractivity contribution < 1.29 is 0 Å². The summed E-state index contributed by atoms with van der Waals surface area (Å²) in [5.74, 6) is 9.13. The van der Waals surface area contributed by atoms with Crippen molar-refractivity contribution >= 4 is 11.6 Å². The van der Waals surface area contributed by atoms with E-state index >= 15 is 0 Å². The number of aromatic nitrogens is 2. The monoisotopic (exact) mass is 290 g/mol. The van der Waals surface area contributed by atoms with Gasteiger partial charge in [-0.3, -0.25) is 0 Å². The molecule has 0 spiro atoms. The average molecular weight is 290 g/mol. The molecule has 21 heavy (non-hydrogen) atoms. The van der Waals surface area contributed by atoms with Crippen LogP contribution in [0.25, 0.3) is 0 Å². The lowest BCUT2D eigenvalue weighted by Crippen LogP contribution is -2.29. The highest BCUT2D eigenvalue weighted by Gasteiger charge is 2.27. The normalized spacial score (nSPS) is 20.5. The minimum absolute atomic E-state index is 0.529. The highest BCUT2D eigenvalue weighted by atomic mass is 15.3. The molecule has 1 aromatic heterocycles. The van der Waals surface area contributed by atoms with Gasteiger partial charge >= 0.3 is 0 Å². The third kappa shape index (κ3) is 4.04. The van der Waals surface area contributed by atoms with E-state index in [0.717, 1.165) is 24.7 Å². The quantitative estimate of drug-likeness (QED) is 0.525. The number of likely N-dealkylation sites (tertiary alicyclic amines) is 1. The van der Waals surface area contributed by atoms with Crippen LogP contribution in [0.2, 0.25) is 0 Å². The SMILES string of the molecule is CC(CNc1cc(NN)nc(C2CC2)n1)CN1CCCC1. The second kappa shape index (κ2) is 6.58. The second-order valence-electron chi connectivity index (χ2n) is 6.41. The lowest BCUT2D eigenvalue weighted by atomic mass is 10.1. The predicted octanol–water partition coefficient (Wildman–Crippen LogP) is 1.78. The third-order valence-electron chi connectivity index (χ3n) is 4.23. The summed E-state index contributed by atoms with van der Waals surface area (Å²) in [6, 6.07) is 1.88. The van der Waals surface area contributed by atoms with E-state index in [1.54, 1.807) is 0 Å². The Morgan fingerprint density at radius 2 is 2.00 bits per heavy atom. The molecule has 2 aliphatic rings. The van der Waals surface area contributed by atoms with E-state index in [4.69, 9.17) is 5.84 Å². The molecular weight excluding hydrogens is 264 g/mol. The zero-order valence-electron chi connectivity index (χ0n) is 12.8. The van der Waals surface area contributed by atoms with Crippen LogP contribution in [0.3, 0.4) is 0 Å². The summed E-state index contributed by atoms with van der Waals surface area (Å²) in [4.78, 5) is 11.6. The van der Waals surface area contributed by atoms with Crippen molar-refractivity contribution in [1.29, 1.82) is 0 Å². The molecule has 3 rings (SSSR count). The summed E-state index contributed by atoms with van der Waals surface area (Å²) in [5.41, 5.74) is 2.64. The fourth-order valence-corrected chi connectivity index (χ4v) is 2.90. The number of nitrogen functional groups attached to an aromatic ring is 1. The summed E-state index contributed by atoms with van der Waals surface area (Å²) >= 11 is 0. The van der Waals surface area contributed by atoms with Crippen LogP contribution < -0.4 is 16.6 Å². The predicted molar refractivity (Wildman–Crippen MR) is 85.1 cm³/mol. The van der Waals surface area contributed by atoms with Gasteiger partial charge in [-0.25, -0.2) is 15.8 Å². The van der Waals surface area contributed by atoms with Gasteiger partial charge in [0.05, 0.1) is 0 Å². The van der Waals surface area contributed by atoms with Crippen LogP contribution in [-0.4, -0.2) is 41.0 Å². The largest absolute Gasteiger partial charge is 0.370 e. The molecule has 116 valence electrons.